The van der Waals surface area contributed by atoms with Crippen molar-refractivity contribution in [2.24, 2.45) is 12.5 Å². The van der Waals surface area contributed by atoms with Crippen molar-refractivity contribution >= 4 is 27.6 Å². The Hall–Kier alpha value is -3.90. The molecule has 0 fully saturated rings. The zero-order valence-electron chi connectivity index (χ0n) is 21.4. The molecule has 5 aromatic rings. The molecule has 0 N–H and O–H groups in total. The minimum absolute atomic E-state index is 0.203. The predicted molar refractivity (Wildman–Crippen MR) is 145 cm³/mol. The minimum atomic E-state index is 0.203. The van der Waals surface area contributed by atoms with E-state index in [2.05, 4.69) is 75.5 Å². The second-order valence-corrected chi connectivity index (χ2v) is 10.8. The van der Waals surface area contributed by atoms with Crippen molar-refractivity contribution in [2.75, 3.05) is 0 Å². The van der Waals surface area contributed by atoms with Gasteiger partial charge in [0, 0.05) is 28.5 Å². The molecule has 174 valence electrons. The van der Waals surface area contributed by atoms with Crippen molar-refractivity contribution in [1.82, 2.24) is 0 Å². The molecule has 0 amide bonds. The summed E-state index contributed by atoms with van der Waals surface area (Å²) in [6.45, 7) is 18.9. The van der Waals surface area contributed by atoms with Crippen molar-refractivity contribution in [1.29, 1.82) is 0 Å². The zero-order chi connectivity index (χ0) is 24.9. The summed E-state index contributed by atoms with van der Waals surface area (Å²) in [6, 6.07) is 20.8. The molecule has 3 heteroatoms. The minimum Gasteiger partial charge on any atom is -0.456 e. The van der Waals surface area contributed by atoms with Gasteiger partial charge in [0.25, 0.3) is 0 Å². The second kappa shape index (κ2) is 8.40. The Morgan fingerprint density at radius 1 is 0.886 bits per heavy atom. The van der Waals surface area contributed by atoms with E-state index < -0.39 is 0 Å². The zero-order valence-corrected chi connectivity index (χ0v) is 21.4. The van der Waals surface area contributed by atoms with Crippen LogP contribution in [0.2, 0.25) is 0 Å². The Bertz CT molecular complexity index is 1630. The maximum atomic E-state index is 7.80. The predicted octanol–water partition coefficient (Wildman–Crippen LogP) is 8.50. The van der Waals surface area contributed by atoms with Crippen LogP contribution in [0.25, 0.3) is 49.2 Å². The highest BCUT2D eigenvalue weighted by molar-refractivity contribution is 6.16. The van der Waals surface area contributed by atoms with Crippen LogP contribution in [0.5, 0.6) is 0 Å². The van der Waals surface area contributed by atoms with Gasteiger partial charge in [-0.15, -0.1) is 0 Å². The molecule has 0 radical (unpaired) electrons. The van der Waals surface area contributed by atoms with Gasteiger partial charge in [-0.3, -0.25) is 0 Å². The molecular weight excluding hydrogens is 428 g/mol. The fourth-order valence-electron chi connectivity index (χ4n) is 5.25. The number of fused-ring (bicyclic) bond motifs is 3. The summed E-state index contributed by atoms with van der Waals surface area (Å²) in [4.78, 5) is 3.83. The monoisotopic (exact) mass is 459 g/mol. The Labute approximate surface area is 207 Å². The molecule has 5 rings (SSSR count). The third-order valence-corrected chi connectivity index (χ3v) is 6.67. The number of hydrogen-bond acceptors (Lipinski definition) is 1. The van der Waals surface area contributed by atoms with Crippen LogP contribution < -0.4 is 4.57 Å². The number of benzene rings is 3. The smallest absolute Gasteiger partial charge is 0.216 e. The van der Waals surface area contributed by atoms with Crippen molar-refractivity contribution in [3.05, 3.63) is 95.0 Å². The van der Waals surface area contributed by atoms with E-state index in [1.807, 2.05) is 42.5 Å². The number of nitrogens with zero attached hydrogens (tertiary/aromatic N) is 2. The van der Waals surface area contributed by atoms with Crippen LogP contribution in [0.3, 0.4) is 0 Å². The first-order valence-electron chi connectivity index (χ1n) is 12.1. The van der Waals surface area contributed by atoms with Crippen LogP contribution >= 0.6 is 0 Å². The van der Waals surface area contributed by atoms with Crippen molar-refractivity contribution in [2.45, 2.75) is 41.0 Å². The van der Waals surface area contributed by atoms with Crippen LogP contribution in [0.4, 0.5) is 5.69 Å². The first-order chi connectivity index (χ1) is 16.7. The average molecular weight is 460 g/mol. The lowest BCUT2D eigenvalue weighted by Gasteiger charge is -2.18. The maximum absolute atomic E-state index is 7.80. The average Bonchev–Trinajstić information content (AvgIpc) is 3.19. The Kier molecular flexibility index (Phi) is 5.49. The lowest BCUT2D eigenvalue weighted by molar-refractivity contribution is -0.660. The highest BCUT2D eigenvalue weighted by Crippen LogP contribution is 2.45. The van der Waals surface area contributed by atoms with E-state index in [0.717, 1.165) is 50.7 Å². The van der Waals surface area contributed by atoms with E-state index in [9.17, 15) is 0 Å². The number of pyridine rings is 1. The van der Waals surface area contributed by atoms with Crippen LogP contribution in [0, 0.1) is 25.8 Å². The summed E-state index contributed by atoms with van der Waals surface area (Å²) < 4.78 is 8.95. The summed E-state index contributed by atoms with van der Waals surface area (Å²) >= 11 is 0. The summed E-state index contributed by atoms with van der Waals surface area (Å²) in [5, 5.41) is 2.18. The summed E-state index contributed by atoms with van der Waals surface area (Å²) in [5.41, 5.74) is 10.3. The van der Waals surface area contributed by atoms with Gasteiger partial charge in [-0.05, 0) is 47.9 Å². The molecule has 0 saturated carbocycles. The lowest BCUT2D eigenvalue weighted by Crippen LogP contribution is -2.31. The van der Waals surface area contributed by atoms with Crippen LogP contribution in [0.1, 0.15) is 37.5 Å². The van der Waals surface area contributed by atoms with Gasteiger partial charge in [-0.1, -0.05) is 69.3 Å². The molecule has 0 atom stereocenters. The van der Waals surface area contributed by atoms with Crippen LogP contribution in [-0.2, 0) is 13.5 Å². The molecule has 0 spiro atoms. The topological polar surface area (TPSA) is 21.4 Å². The highest BCUT2D eigenvalue weighted by Gasteiger charge is 2.25. The van der Waals surface area contributed by atoms with Crippen molar-refractivity contribution < 1.29 is 8.98 Å². The van der Waals surface area contributed by atoms with E-state index in [1.165, 1.54) is 16.7 Å². The van der Waals surface area contributed by atoms with E-state index >= 15 is 0 Å². The van der Waals surface area contributed by atoms with Crippen LogP contribution in [-0.4, -0.2) is 0 Å². The second-order valence-electron chi connectivity index (χ2n) is 10.8. The maximum Gasteiger partial charge on any atom is 0.216 e. The first-order valence-corrected chi connectivity index (χ1v) is 12.1. The molecule has 0 aliphatic heterocycles. The number of aromatic nitrogens is 1. The first kappa shape index (κ1) is 22.9. The standard InChI is InChI=1S/C32H31N2O/c1-20-17-21(2)28(26-18-22(15-16-34(26)7)19-32(3,4)5)31-27(20)24-13-14-25(33-6)29(30(24)35-31)23-11-9-8-10-12-23/h8-18H,19H2,1-5,7H3/q+1. The molecule has 2 heterocycles. The van der Waals surface area contributed by atoms with E-state index in [1.54, 1.807) is 0 Å². The summed E-state index contributed by atoms with van der Waals surface area (Å²) in [5.74, 6) is 0. The fraction of sp³-hybridized carbons (Fsp3) is 0.250. The van der Waals surface area contributed by atoms with Gasteiger partial charge in [0.05, 0.1) is 12.1 Å². The SMILES string of the molecule is [C-]#[N+]c1ccc2c(oc3c(-c4cc(CC(C)(C)C)cc[n+]4C)c(C)cc(C)c32)c1-c1ccccc1. The van der Waals surface area contributed by atoms with E-state index in [-0.39, 0.29) is 5.41 Å². The number of aryl methyl sites for hydroxylation is 3. The Morgan fingerprint density at radius 2 is 1.63 bits per heavy atom. The molecule has 0 saturated heterocycles. The quantitative estimate of drug-likeness (QED) is 0.196. The molecule has 0 aliphatic carbocycles. The van der Waals surface area contributed by atoms with Gasteiger partial charge in [0.1, 0.15) is 18.2 Å². The third-order valence-electron chi connectivity index (χ3n) is 6.67. The van der Waals surface area contributed by atoms with Gasteiger partial charge < -0.3 is 4.42 Å². The Balaban J connectivity index is 1.87. The van der Waals surface area contributed by atoms with Gasteiger partial charge in [-0.2, -0.15) is 0 Å². The van der Waals surface area contributed by atoms with Crippen molar-refractivity contribution in [3.63, 3.8) is 0 Å². The molecule has 2 aromatic heterocycles. The molecule has 0 bridgehead atoms. The van der Waals surface area contributed by atoms with Gasteiger partial charge in [0.2, 0.25) is 5.69 Å². The number of furan rings is 1. The Morgan fingerprint density at radius 3 is 2.31 bits per heavy atom. The summed E-state index contributed by atoms with van der Waals surface area (Å²) in [6.07, 6.45) is 3.15. The normalized spacial score (nSPS) is 11.8. The lowest BCUT2D eigenvalue weighted by atomic mass is 9.87. The molecule has 3 aromatic carbocycles. The summed E-state index contributed by atoms with van der Waals surface area (Å²) in [7, 11) is 2.09. The number of hydrogen-bond donors (Lipinski definition) is 0. The molecule has 3 nitrogen and oxygen atoms in total. The van der Waals surface area contributed by atoms with E-state index in [0.29, 0.717) is 5.69 Å². The largest absolute Gasteiger partial charge is 0.456 e. The van der Waals surface area contributed by atoms with Gasteiger partial charge in [0.15, 0.2) is 11.9 Å². The molecule has 0 aliphatic rings. The molecule has 35 heavy (non-hydrogen) atoms. The van der Waals surface area contributed by atoms with Gasteiger partial charge >= 0.3 is 0 Å². The fourth-order valence-corrected chi connectivity index (χ4v) is 5.25. The van der Waals surface area contributed by atoms with Gasteiger partial charge in [-0.25, -0.2) is 9.41 Å². The van der Waals surface area contributed by atoms with Crippen LogP contribution in [0.15, 0.2) is 71.3 Å². The highest BCUT2D eigenvalue weighted by atomic mass is 16.3. The number of rotatable bonds is 3. The third kappa shape index (κ3) is 4.00. The molecular formula is C32H31N2O+. The van der Waals surface area contributed by atoms with E-state index in [4.69, 9.17) is 11.0 Å². The van der Waals surface area contributed by atoms with Crippen molar-refractivity contribution in [3.8, 4) is 22.4 Å². The molecule has 0 unspecified atom stereocenters.